The lowest BCUT2D eigenvalue weighted by Crippen LogP contribution is -2.33. The zero-order valence-corrected chi connectivity index (χ0v) is 18.7. The summed E-state index contributed by atoms with van der Waals surface area (Å²) in [6.07, 6.45) is 0.929. The Morgan fingerprint density at radius 3 is 2.50 bits per heavy atom. The quantitative estimate of drug-likeness (QED) is 0.360. The summed E-state index contributed by atoms with van der Waals surface area (Å²) >= 11 is 6.22. The lowest BCUT2D eigenvalue weighted by Gasteiger charge is -2.19. The van der Waals surface area contributed by atoms with E-state index in [-0.39, 0.29) is 18.9 Å². The van der Waals surface area contributed by atoms with Crippen LogP contribution in [0.3, 0.4) is 0 Å². The molecular weight excluding hydrogens is 428 g/mol. The summed E-state index contributed by atoms with van der Waals surface area (Å²) in [5.74, 6) is 1.74. The molecule has 0 radical (unpaired) electrons. The van der Waals surface area contributed by atoms with Crippen LogP contribution in [0.25, 0.3) is 22.9 Å². The second-order valence-electron chi connectivity index (χ2n) is 7.36. The number of rotatable bonds is 8. The van der Waals surface area contributed by atoms with E-state index in [1.165, 1.54) is 0 Å². The largest absolute Gasteiger partial charge is 0.441 e. The molecule has 0 atom stereocenters. The zero-order valence-electron chi connectivity index (χ0n) is 17.9. The first-order chi connectivity index (χ1) is 15.5. The first-order valence-corrected chi connectivity index (χ1v) is 10.8. The van der Waals surface area contributed by atoms with Gasteiger partial charge in [0.25, 0.3) is 0 Å². The summed E-state index contributed by atoms with van der Waals surface area (Å²) in [5, 5.41) is 8.72. The Labute approximate surface area is 191 Å². The molecule has 4 aromatic rings. The normalized spacial score (nSPS) is 11.0. The van der Waals surface area contributed by atoms with E-state index < -0.39 is 0 Å². The molecule has 7 nitrogen and oxygen atoms in total. The van der Waals surface area contributed by atoms with Gasteiger partial charge in [0.1, 0.15) is 5.76 Å². The molecule has 0 saturated carbocycles. The van der Waals surface area contributed by atoms with Crippen molar-refractivity contribution >= 4 is 17.5 Å². The van der Waals surface area contributed by atoms with E-state index in [0.717, 1.165) is 12.0 Å². The van der Waals surface area contributed by atoms with Gasteiger partial charge in [-0.15, -0.1) is 10.2 Å². The molecule has 32 heavy (non-hydrogen) atoms. The van der Waals surface area contributed by atoms with E-state index >= 15 is 0 Å². The van der Waals surface area contributed by atoms with Gasteiger partial charge < -0.3 is 13.7 Å². The maximum atomic E-state index is 13.1. The number of nitrogens with zero attached hydrogens (tertiary/aromatic N) is 4. The van der Waals surface area contributed by atoms with E-state index in [1.807, 2.05) is 62.4 Å². The Kier molecular flexibility index (Phi) is 6.66. The minimum Gasteiger partial charge on any atom is -0.441 e. The first-order valence-electron chi connectivity index (χ1n) is 10.4. The lowest BCUT2D eigenvalue weighted by molar-refractivity contribution is -0.131. The third-order valence-corrected chi connectivity index (χ3v) is 5.31. The molecule has 4 rings (SSSR count). The van der Waals surface area contributed by atoms with E-state index in [4.69, 9.17) is 20.4 Å². The van der Waals surface area contributed by atoms with Crippen LogP contribution in [0.5, 0.6) is 0 Å². The fourth-order valence-electron chi connectivity index (χ4n) is 3.34. The van der Waals surface area contributed by atoms with Gasteiger partial charge in [0.2, 0.25) is 23.6 Å². The van der Waals surface area contributed by atoms with Crippen molar-refractivity contribution in [1.82, 2.24) is 20.1 Å². The minimum absolute atomic E-state index is 0.0830. The fourth-order valence-corrected chi connectivity index (χ4v) is 3.55. The highest BCUT2D eigenvalue weighted by atomic mass is 35.5. The lowest BCUT2D eigenvalue weighted by atomic mass is 10.2. The molecule has 0 aliphatic heterocycles. The molecule has 0 aliphatic carbocycles. The Hall–Kier alpha value is -3.45. The molecule has 0 aliphatic rings. The van der Waals surface area contributed by atoms with Gasteiger partial charge in [0, 0.05) is 12.1 Å². The van der Waals surface area contributed by atoms with E-state index in [1.54, 1.807) is 11.0 Å². The van der Waals surface area contributed by atoms with Crippen molar-refractivity contribution in [2.45, 2.75) is 33.2 Å². The van der Waals surface area contributed by atoms with Crippen LogP contribution in [0.1, 0.15) is 30.7 Å². The van der Waals surface area contributed by atoms with E-state index in [2.05, 4.69) is 15.2 Å². The van der Waals surface area contributed by atoms with Crippen LogP contribution in [0.2, 0.25) is 5.02 Å². The summed E-state index contributed by atoms with van der Waals surface area (Å²) in [7, 11) is 0. The van der Waals surface area contributed by atoms with Gasteiger partial charge in [0.05, 0.1) is 29.2 Å². The number of oxazole rings is 1. The van der Waals surface area contributed by atoms with Crippen molar-refractivity contribution in [1.29, 1.82) is 0 Å². The molecule has 2 aromatic heterocycles. The zero-order chi connectivity index (χ0) is 22.5. The molecule has 2 aromatic carbocycles. The second-order valence-corrected chi connectivity index (χ2v) is 7.77. The summed E-state index contributed by atoms with van der Waals surface area (Å²) in [5.41, 5.74) is 2.16. The fraction of sp³-hybridized carbons (Fsp3) is 0.250. The van der Waals surface area contributed by atoms with Crippen molar-refractivity contribution in [2.75, 3.05) is 6.54 Å². The number of carbonyl (C=O) groups is 1. The molecule has 0 bridgehead atoms. The number of amides is 1. The van der Waals surface area contributed by atoms with Crippen molar-refractivity contribution in [3.8, 4) is 22.9 Å². The molecule has 0 saturated heterocycles. The highest BCUT2D eigenvalue weighted by Gasteiger charge is 2.21. The van der Waals surface area contributed by atoms with Crippen LogP contribution in [0.4, 0.5) is 0 Å². The van der Waals surface area contributed by atoms with Gasteiger partial charge >= 0.3 is 0 Å². The molecule has 0 N–H and O–H groups in total. The standard InChI is InChI=1S/C24H23ClN4O3/c1-3-13-29(15-21-27-28-24(32-21)18-11-7-8-12-19(18)25)22(30)14-20-16(2)31-23(26-20)17-9-5-4-6-10-17/h4-12H,3,13-15H2,1-2H3. The van der Waals surface area contributed by atoms with Gasteiger partial charge in [-0.05, 0) is 37.6 Å². The molecule has 1 amide bonds. The maximum absolute atomic E-state index is 13.1. The molecule has 2 heterocycles. The number of hydrogen-bond acceptors (Lipinski definition) is 6. The third kappa shape index (κ3) is 4.89. The molecule has 0 unspecified atom stereocenters. The molecule has 8 heteroatoms. The predicted octanol–water partition coefficient (Wildman–Crippen LogP) is 5.33. The molecular formula is C24H23ClN4O3. The van der Waals surface area contributed by atoms with Crippen LogP contribution in [0.15, 0.2) is 63.4 Å². The van der Waals surface area contributed by atoms with Gasteiger partial charge in [-0.3, -0.25) is 4.79 Å². The first kappa shape index (κ1) is 21.8. The number of halogens is 1. The SMILES string of the molecule is CCCN(Cc1nnc(-c2ccccc2Cl)o1)C(=O)Cc1nc(-c2ccccc2)oc1C. The molecule has 0 fully saturated rings. The van der Waals surface area contributed by atoms with E-state index in [9.17, 15) is 4.79 Å². The van der Waals surface area contributed by atoms with Crippen molar-refractivity contribution in [3.63, 3.8) is 0 Å². The maximum Gasteiger partial charge on any atom is 0.249 e. The number of aryl methyl sites for hydroxylation is 1. The highest BCUT2D eigenvalue weighted by Crippen LogP contribution is 2.27. The molecule has 0 spiro atoms. The average molecular weight is 451 g/mol. The van der Waals surface area contributed by atoms with Crippen molar-refractivity contribution in [2.24, 2.45) is 0 Å². The summed E-state index contributed by atoms with van der Waals surface area (Å²) in [6.45, 7) is 4.61. The van der Waals surface area contributed by atoms with Gasteiger partial charge in [0.15, 0.2) is 0 Å². The Morgan fingerprint density at radius 2 is 1.75 bits per heavy atom. The van der Waals surface area contributed by atoms with Crippen LogP contribution >= 0.6 is 11.6 Å². The topological polar surface area (TPSA) is 85.3 Å². The predicted molar refractivity (Wildman–Crippen MR) is 121 cm³/mol. The summed E-state index contributed by atoms with van der Waals surface area (Å²) in [6, 6.07) is 16.9. The number of carbonyl (C=O) groups excluding carboxylic acids is 1. The van der Waals surface area contributed by atoms with Gasteiger partial charge in [-0.25, -0.2) is 4.98 Å². The summed E-state index contributed by atoms with van der Waals surface area (Å²) < 4.78 is 11.6. The smallest absolute Gasteiger partial charge is 0.249 e. The van der Waals surface area contributed by atoms with Crippen LogP contribution in [-0.4, -0.2) is 32.5 Å². The van der Waals surface area contributed by atoms with Crippen LogP contribution in [0, 0.1) is 6.92 Å². The molecule has 164 valence electrons. The second kappa shape index (κ2) is 9.78. The van der Waals surface area contributed by atoms with Gasteiger partial charge in [-0.2, -0.15) is 0 Å². The third-order valence-electron chi connectivity index (χ3n) is 4.98. The van der Waals surface area contributed by atoms with E-state index in [0.29, 0.717) is 46.3 Å². The monoisotopic (exact) mass is 450 g/mol. The van der Waals surface area contributed by atoms with Crippen LogP contribution in [-0.2, 0) is 17.8 Å². The number of benzene rings is 2. The Balaban J connectivity index is 1.48. The van der Waals surface area contributed by atoms with Crippen molar-refractivity contribution in [3.05, 3.63) is 77.0 Å². The van der Waals surface area contributed by atoms with Gasteiger partial charge in [-0.1, -0.05) is 48.9 Å². The average Bonchev–Trinajstić information content (AvgIpc) is 3.41. The van der Waals surface area contributed by atoms with Crippen LogP contribution < -0.4 is 0 Å². The highest BCUT2D eigenvalue weighted by molar-refractivity contribution is 6.33. The Bertz CT molecular complexity index is 1200. The number of hydrogen-bond donors (Lipinski definition) is 0. The number of aromatic nitrogens is 3. The van der Waals surface area contributed by atoms with Crippen molar-refractivity contribution < 1.29 is 13.6 Å². The minimum atomic E-state index is -0.0830. The summed E-state index contributed by atoms with van der Waals surface area (Å²) in [4.78, 5) is 19.3. The Morgan fingerprint density at radius 1 is 1.00 bits per heavy atom.